The molecule has 2 aromatic carbocycles. The van der Waals surface area contributed by atoms with Crippen molar-refractivity contribution >= 4 is 10.9 Å². The van der Waals surface area contributed by atoms with Crippen LogP contribution < -0.4 is 4.57 Å². The molecule has 0 saturated carbocycles. The number of benzene rings is 2. The van der Waals surface area contributed by atoms with Crippen molar-refractivity contribution in [1.82, 2.24) is 0 Å². The molecule has 0 amide bonds. The van der Waals surface area contributed by atoms with Gasteiger partial charge in [-0.2, -0.15) is 9.68 Å². The van der Waals surface area contributed by atoms with Gasteiger partial charge in [0.25, 0.3) is 0 Å². The van der Waals surface area contributed by atoms with Crippen LogP contribution in [-0.2, 0) is 15.3 Å². The molecule has 1 fully saturated rings. The smallest absolute Gasteiger partial charge is 0.164 e. The monoisotopic (exact) mass is 376 g/mol. The molecule has 0 spiro atoms. The maximum Gasteiger partial charge on any atom is 0.415 e. The average Bonchev–Trinajstić information content (AvgIpc) is 3.26. The summed E-state index contributed by atoms with van der Waals surface area (Å²) in [5, 5.41) is 1.30. The predicted molar refractivity (Wildman–Crippen MR) is 109 cm³/mol. The number of fused-ring (bicyclic) bond motifs is 8. The highest BCUT2D eigenvalue weighted by Gasteiger charge is 2.93. The van der Waals surface area contributed by atoms with Crippen molar-refractivity contribution in [2.75, 3.05) is 14.2 Å². The highest BCUT2D eigenvalue weighted by Crippen LogP contribution is 2.66. The van der Waals surface area contributed by atoms with E-state index in [-0.39, 0.29) is 16.5 Å². The largest absolute Gasteiger partial charge is 0.415 e. The molecule has 28 heavy (non-hydrogen) atoms. The molecular weight excluding hydrogens is 348 g/mol. The van der Waals surface area contributed by atoms with Crippen LogP contribution in [0.15, 0.2) is 48.5 Å². The first-order valence-electron chi connectivity index (χ1n) is 10.00. The highest BCUT2D eigenvalue weighted by atomic mass is 17.0. The first-order chi connectivity index (χ1) is 13.4. The van der Waals surface area contributed by atoms with E-state index in [1.807, 2.05) is 0 Å². The minimum atomic E-state index is -0.351. The third-order valence-electron chi connectivity index (χ3n) is 6.82. The number of hydroxylamine groups is 4. The van der Waals surface area contributed by atoms with Gasteiger partial charge < -0.3 is 0 Å². The standard InChI is InChI=1S/C24H28N2O2/c1-15(2)17-8-7-9-21-18(17)12-13-22-20-14-16(3)10-11-19(20)23-24(4,25(21)22)26(23,27-5)28-6/h7-15,23H,1-6H3/q+2. The molecule has 2 atom stereocenters. The molecule has 1 aromatic heterocycles. The van der Waals surface area contributed by atoms with Crippen LogP contribution in [0.5, 0.6) is 0 Å². The number of aromatic nitrogens is 1. The molecule has 2 unspecified atom stereocenters. The van der Waals surface area contributed by atoms with Crippen LogP contribution in [0.1, 0.15) is 49.4 Å². The van der Waals surface area contributed by atoms with E-state index < -0.39 is 0 Å². The second kappa shape index (κ2) is 5.63. The summed E-state index contributed by atoms with van der Waals surface area (Å²) >= 11 is 0. The van der Waals surface area contributed by atoms with Crippen molar-refractivity contribution in [1.29, 1.82) is 0 Å². The lowest BCUT2D eigenvalue weighted by Gasteiger charge is -2.17. The van der Waals surface area contributed by atoms with Crippen molar-refractivity contribution in [2.45, 2.75) is 45.3 Å². The summed E-state index contributed by atoms with van der Waals surface area (Å²) in [5.41, 5.74) is 7.30. The number of nitrogens with zero attached hydrogens (tertiary/aromatic N) is 2. The van der Waals surface area contributed by atoms with Gasteiger partial charge in [0.2, 0.25) is 11.2 Å². The Balaban J connectivity index is 1.93. The van der Waals surface area contributed by atoms with Crippen LogP contribution in [0, 0.1) is 6.92 Å². The van der Waals surface area contributed by atoms with Crippen LogP contribution in [0.3, 0.4) is 0 Å². The van der Waals surface area contributed by atoms with Crippen molar-refractivity contribution in [2.24, 2.45) is 0 Å². The zero-order valence-corrected chi connectivity index (χ0v) is 17.5. The summed E-state index contributed by atoms with van der Waals surface area (Å²) < 4.78 is 2.45. The summed E-state index contributed by atoms with van der Waals surface area (Å²) in [6, 6.07) is 18.0. The molecule has 4 heteroatoms. The fraction of sp³-hybridized carbons (Fsp3) is 0.375. The highest BCUT2D eigenvalue weighted by molar-refractivity contribution is 5.82. The number of aryl methyl sites for hydroxylation is 1. The Kier molecular flexibility index (Phi) is 3.58. The molecule has 3 heterocycles. The molecular formula is C24H28N2O2+2. The normalized spacial score (nSPS) is 24.0. The van der Waals surface area contributed by atoms with Crippen LogP contribution in [0.4, 0.5) is 0 Å². The topological polar surface area (TPSA) is 22.3 Å². The van der Waals surface area contributed by atoms with E-state index in [0.717, 1.165) is 0 Å². The van der Waals surface area contributed by atoms with Gasteiger partial charge >= 0.3 is 11.7 Å². The Morgan fingerprint density at radius 1 is 1.04 bits per heavy atom. The summed E-state index contributed by atoms with van der Waals surface area (Å²) in [7, 11) is 3.48. The van der Waals surface area contributed by atoms with Crippen LogP contribution in [0.25, 0.3) is 22.2 Å². The second-order valence-electron chi connectivity index (χ2n) is 8.54. The molecule has 4 nitrogen and oxygen atoms in total. The van der Waals surface area contributed by atoms with Crippen LogP contribution >= 0.6 is 0 Å². The molecule has 2 aliphatic rings. The van der Waals surface area contributed by atoms with Crippen molar-refractivity contribution in [3.05, 3.63) is 65.2 Å². The maximum atomic E-state index is 6.01. The number of rotatable bonds is 3. The summed E-state index contributed by atoms with van der Waals surface area (Å²) in [6.07, 6.45) is 0. The number of pyridine rings is 1. The Hall–Kier alpha value is -2.27. The third-order valence-corrected chi connectivity index (χ3v) is 6.82. The Labute approximate surface area is 166 Å². The lowest BCUT2D eigenvalue weighted by atomic mass is 9.90. The van der Waals surface area contributed by atoms with Crippen molar-refractivity contribution < 1.29 is 19.1 Å². The molecule has 3 aromatic rings. The molecule has 144 valence electrons. The maximum absolute atomic E-state index is 6.01. The van der Waals surface area contributed by atoms with Gasteiger partial charge in [0.15, 0.2) is 0 Å². The van der Waals surface area contributed by atoms with Gasteiger partial charge in [-0.05, 0) is 30.5 Å². The minimum absolute atomic E-state index is 0.101. The first kappa shape index (κ1) is 17.8. The number of hydrogen-bond donors (Lipinski definition) is 0. The fourth-order valence-electron chi connectivity index (χ4n) is 5.52. The first-order valence-corrected chi connectivity index (χ1v) is 10.00. The molecule has 0 radical (unpaired) electrons. The second-order valence-corrected chi connectivity index (χ2v) is 8.54. The third kappa shape index (κ3) is 1.88. The Morgan fingerprint density at radius 3 is 2.46 bits per heavy atom. The van der Waals surface area contributed by atoms with Gasteiger partial charge in [-0.25, -0.2) is 0 Å². The van der Waals surface area contributed by atoms with Crippen LogP contribution in [-0.4, -0.2) is 19.0 Å². The van der Waals surface area contributed by atoms with E-state index in [2.05, 4.69) is 80.8 Å². The van der Waals surface area contributed by atoms with Crippen molar-refractivity contribution in [3.8, 4) is 11.3 Å². The van der Waals surface area contributed by atoms with Crippen LogP contribution in [0.2, 0.25) is 0 Å². The van der Waals surface area contributed by atoms with Crippen molar-refractivity contribution in [3.63, 3.8) is 0 Å². The van der Waals surface area contributed by atoms with E-state index in [0.29, 0.717) is 5.92 Å². The predicted octanol–water partition coefficient (Wildman–Crippen LogP) is 4.91. The molecule has 0 N–H and O–H groups in total. The van der Waals surface area contributed by atoms with E-state index in [1.54, 1.807) is 14.2 Å². The molecule has 0 bridgehead atoms. The lowest BCUT2D eigenvalue weighted by molar-refractivity contribution is -1.22. The zero-order valence-electron chi connectivity index (χ0n) is 17.5. The SMILES string of the molecule is CO[N+]1(OC)C2c3ccc(C)cc3-c3ccc4c(C(C)C)cccc4[n+]3C21C. The summed E-state index contributed by atoms with van der Waals surface area (Å²) in [5.74, 6) is 0.465. The minimum Gasteiger partial charge on any atom is -0.164 e. The van der Waals surface area contributed by atoms with Gasteiger partial charge in [0.05, 0.1) is 32.1 Å². The Morgan fingerprint density at radius 2 is 1.79 bits per heavy atom. The lowest BCUT2D eigenvalue weighted by Crippen LogP contribution is -2.55. The summed E-state index contributed by atoms with van der Waals surface area (Å²) in [4.78, 5) is 12.2. The molecule has 1 saturated heterocycles. The molecule has 2 aliphatic heterocycles. The quantitative estimate of drug-likeness (QED) is 0.368. The zero-order chi connectivity index (χ0) is 19.8. The molecule has 0 aliphatic carbocycles. The van der Waals surface area contributed by atoms with E-state index in [9.17, 15) is 0 Å². The average molecular weight is 377 g/mol. The van der Waals surface area contributed by atoms with E-state index >= 15 is 0 Å². The van der Waals surface area contributed by atoms with Gasteiger partial charge in [-0.1, -0.05) is 43.7 Å². The number of quaternary nitrogens is 1. The summed E-state index contributed by atoms with van der Waals surface area (Å²) in [6.45, 7) is 8.91. The van der Waals surface area contributed by atoms with Gasteiger partial charge in [-0.15, -0.1) is 4.57 Å². The van der Waals surface area contributed by atoms with Gasteiger partial charge in [0.1, 0.15) is 0 Å². The van der Waals surface area contributed by atoms with Gasteiger partial charge in [0, 0.05) is 22.5 Å². The van der Waals surface area contributed by atoms with Gasteiger partial charge in [-0.3, -0.25) is 0 Å². The number of hydrogen-bond acceptors (Lipinski definition) is 2. The molecule has 5 rings (SSSR count). The van der Waals surface area contributed by atoms with E-state index in [1.165, 1.54) is 38.9 Å². The fourth-order valence-corrected chi connectivity index (χ4v) is 5.52. The van der Waals surface area contributed by atoms with E-state index in [4.69, 9.17) is 9.68 Å². The Bertz CT molecular complexity index is 1120.